The molecule has 0 bridgehead atoms. The Morgan fingerprint density at radius 3 is 1.35 bits per heavy atom. The van der Waals surface area contributed by atoms with E-state index < -0.39 is 112 Å². The summed E-state index contributed by atoms with van der Waals surface area (Å²) in [5.74, 6) is 0. The van der Waals surface area contributed by atoms with Crippen molar-refractivity contribution in [2.24, 2.45) is 0 Å². The van der Waals surface area contributed by atoms with Gasteiger partial charge in [0.15, 0.2) is 18.9 Å². The average Bonchev–Trinajstić information content (AvgIpc) is 2.83. The van der Waals surface area contributed by atoms with Crippen LogP contribution in [0.5, 0.6) is 0 Å². The fourth-order valence-electron chi connectivity index (χ4n) is 4.06. The summed E-state index contributed by atoms with van der Waals surface area (Å²) in [5.41, 5.74) is 0. The van der Waals surface area contributed by atoms with Crippen LogP contribution in [0.4, 0.5) is 0 Å². The highest BCUT2D eigenvalue weighted by Crippen LogP contribution is 2.32. The van der Waals surface area contributed by atoms with Crippen LogP contribution in [0, 0.1) is 0 Å². The van der Waals surface area contributed by atoms with Gasteiger partial charge in [0.2, 0.25) is 0 Å². The quantitative estimate of drug-likeness (QED) is 0.154. The van der Waals surface area contributed by atoms with E-state index >= 15 is 0 Å². The van der Waals surface area contributed by atoms with Crippen LogP contribution >= 0.6 is 0 Å². The number of aliphatic hydroxyl groups is 11. The zero-order chi connectivity index (χ0) is 25.3. The summed E-state index contributed by atoms with van der Waals surface area (Å²) in [7, 11) is 0. The van der Waals surface area contributed by atoms with Crippen LogP contribution in [0.25, 0.3) is 0 Å². The Labute approximate surface area is 192 Å². The van der Waals surface area contributed by atoms with Crippen LogP contribution in [0.2, 0.25) is 0 Å². The van der Waals surface area contributed by atoms with Gasteiger partial charge >= 0.3 is 0 Å². The Morgan fingerprint density at radius 1 is 0.441 bits per heavy atom. The van der Waals surface area contributed by atoms with E-state index in [1.165, 1.54) is 0 Å². The molecule has 3 aliphatic rings. The molecule has 0 amide bonds. The van der Waals surface area contributed by atoms with E-state index in [1.54, 1.807) is 0 Å². The molecule has 0 unspecified atom stereocenters. The fraction of sp³-hybridized carbons (Fsp3) is 1.00. The molecule has 15 atom stereocenters. The van der Waals surface area contributed by atoms with E-state index in [1.807, 2.05) is 0 Å². The molecule has 0 aromatic heterocycles. The maximum Gasteiger partial charge on any atom is 0.187 e. The zero-order valence-electron chi connectivity index (χ0n) is 17.7. The number of hydrogen-bond donors (Lipinski definition) is 11. The second-order valence-corrected chi connectivity index (χ2v) is 8.33. The minimum absolute atomic E-state index is 0.741. The van der Waals surface area contributed by atoms with Gasteiger partial charge in [0.05, 0.1) is 19.8 Å². The molecule has 34 heavy (non-hydrogen) atoms. The Balaban J connectivity index is 1.72. The van der Waals surface area contributed by atoms with Gasteiger partial charge in [-0.05, 0) is 0 Å². The van der Waals surface area contributed by atoms with Crippen LogP contribution < -0.4 is 0 Å². The van der Waals surface area contributed by atoms with E-state index in [0.29, 0.717) is 0 Å². The van der Waals surface area contributed by atoms with Gasteiger partial charge < -0.3 is 79.9 Å². The second kappa shape index (κ2) is 11.6. The van der Waals surface area contributed by atoms with Crippen LogP contribution in [0.1, 0.15) is 0 Å². The van der Waals surface area contributed by atoms with Crippen molar-refractivity contribution < 1.29 is 79.9 Å². The summed E-state index contributed by atoms with van der Waals surface area (Å²) >= 11 is 0. The topological polar surface area (TPSA) is 269 Å². The van der Waals surface area contributed by atoms with Crippen LogP contribution in [0.3, 0.4) is 0 Å². The molecule has 200 valence electrons. The van der Waals surface area contributed by atoms with E-state index in [4.69, 9.17) is 23.7 Å². The van der Waals surface area contributed by atoms with Crippen molar-refractivity contribution in [3.63, 3.8) is 0 Å². The molecule has 3 rings (SSSR count). The molecule has 0 aromatic carbocycles. The zero-order valence-corrected chi connectivity index (χ0v) is 17.7. The molecule has 16 heteroatoms. The van der Waals surface area contributed by atoms with Gasteiger partial charge in [-0.2, -0.15) is 0 Å². The van der Waals surface area contributed by atoms with Crippen molar-refractivity contribution in [3.05, 3.63) is 0 Å². The van der Waals surface area contributed by atoms with Gasteiger partial charge in [0, 0.05) is 0 Å². The lowest BCUT2D eigenvalue weighted by Crippen LogP contribution is -2.66. The normalized spacial score (nSPS) is 52.5. The van der Waals surface area contributed by atoms with E-state index in [9.17, 15) is 56.2 Å². The van der Waals surface area contributed by atoms with Gasteiger partial charge in [-0.15, -0.1) is 0 Å². The van der Waals surface area contributed by atoms with Gasteiger partial charge in [0.1, 0.15) is 73.2 Å². The van der Waals surface area contributed by atoms with E-state index in [2.05, 4.69) is 0 Å². The number of aliphatic hydroxyl groups excluding tert-OH is 11. The van der Waals surface area contributed by atoms with Crippen molar-refractivity contribution in [1.29, 1.82) is 0 Å². The highest BCUT2D eigenvalue weighted by atomic mass is 16.8. The molecule has 0 saturated carbocycles. The molecule has 0 radical (unpaired) electrons. The summed E-state index contributed by atoms with van der Waals surface area (Å²) in [6, 6.07) is 0. The molecule has 0 aromatic rings. The molecular formula is C18H32O16. The lowest BCUT2D eigenvalue weighted by Gasteiger charge is -2.47. The van der Waals surface area contributed by atoms with Crippen LogP contribution in [-0.2, 0) is 23.7 Å². The third-order valence-corrected chi connectivity index (χ3v) is 6.09. The van der Waals surface area contributed by atoms with E-state index in [0.717, 1.165) is 0 Å². The smallest absolute Gasteiger partial charge is 0.187 e. The largest absolute Gasteiger partial charge is 0.394 e. The molecule has 3 saturated heterocycles. The van der Waals surface area contributed by atoms with Gasteiger partial charge in [-0.3, -0.25) is 0 Å². The SMILES string of the molecule is OC[C@@H]1O[C@H](O)[C@H](O)[C@H](O)[C@@H]1O[C@H]1O[C@@H](CO)[C@@H](O[C@@H]2O[C@H](CO)[C@@H](O)[C@H](O)[C@@H]2O)[C@@H](O)[C@H]1O. The first kappa shape index (κ1) is 27.9. The van der Waals surface area contributed by atoms with E-state index in [-0.39, 0.29) is 0 Å². The van der Waals surface area contributed by atoms with Gasteiger partial charge in [0.25, 0.3) is 0 Å². The van der Waals surface area contributed by atoms with Crippen molar-refractivity contribution in [2.75, 3.05) is 19.8 Å². The first-order chi connectivity index (χ1) is 16.0. The lowest BCUT2D eigenvalue weighted by molar-refractivity contribution is -0.377. The third-order valence-electron chi connectivity index (χ3n) is 6.09. The van der Waals surface area contributed by atoms with Crippen molar-refractivity contribution in [2.45, 2.75) is 92.1 Å². The monoisotopic (exact) mass is 504 g/mol. The highest BCUT2D eigenvalue weighted by Gasteiger charge is 2.53. The Hall–Kier alpha value is -0.640. The summed E-state index contributed by atoms with van der Waals surface area (Å²) in [6.45, 7) is -2.32. The van der Waals surface area contributed by atoms with Gasteiger partial charge in [-0.25, -0.2) is 0 Å². The van der Waals surface area contributed by atoms with Crippen LogP contribution in [0.15, 0.2) is 0 Å². The maximum absolute atomic E-state index is 10.6. The van der Waals surface area contributed by atoms with Crippen molar-refractivity contribution >= 4 is 0 Å². The van der Waals surface area contributed by atoms with Crippen molar-refractivity contribution in [1.82, 2.24) is 0 Å². The average molecular weight is 504 g/mol. The molecule has 0 aliphatic carbocycles. The number of hydrogen-bond acceptors (Lipinski definition) is 16. The molecule has 3 fully saturated rings. The molecule has 3 heterocycles. The maximum atomic E-state index is 10.6. The molecule has 16 nitrogen and oxygen atoms in total. The summed E-state index contributed by atoms with van der Waals surface area (Å²) in [6.07, 6.45) is -25.1. The predicted molar refractivity (Wildman–Crippen MR) is 101 cm³/mol. The van der Waals surface area contributed by atoms with Gasteiger partial charge in [-0.1, -0.05) is 0 Å². The lowest BCUT2D eigenvalue weighted by atomic mass is 9.96. The Bertz CT molecular complexity index is 635. The first-order valence-corrected chi connectivity index (χ1v) is 10.6. The molecule has 0 spiro atoms. The minimum atomic E-state index is -1.91. The summed E-state index contributed by atoms with van der Waals surface area (Å²) in [5, 5.41) is 109. The molecular weight excluding hydrogens is 472 g/mol. The Morgan fingerprint density at radius 2 is 0.853 bits per heavy atom. The summed E-state index contributed by atoms with van der Waals surface area (Å²) in [4.78, 5) is 0. The third kappa shape index (κ3) is 5.37. The standard InChI is InChI=1S/C18H32O16/c19-1-4-7(22)8(23)12(27)17(31-4)34-15-6(3-21)32-18(13(28)10(15)25)33-14-5(2-20)30-16(29)11(26)9(14)24/h4-29H,1-3H2/t4-,5+,6+,7-,8+,9+,10+,11-,12+,13-,14-,15-,16+,17+,18-/m1/s1. The van der Waals surface area contributed by atoms with Crippen LogP contribution in [-0.4, -0.2) is 168 Å². The molecule has 11 N–H and O–H groups in total. The predicted octanol–water partition coefficient (Wildman–Crippen LogP) is -7.57. The Kier molecular flexibility index (Phi) is 9.54. The number of rotatable bonds is 7. The second-order valence-electron chi connectivity index (χ2n) is 8.33. The molecule has 3 aliphatic heterocycles. The highest BCUT2D eigenvalue weighted by molar-refractivity contribution is 4.96. The number of ether oxygens (including phenoxy) is 5. The van der Waals surface area contributed by atoms with Crippen molar-refractivity contribution in [3.8, 4) is 0 Å². The fourth-order valence-corrected chi connectivity index (χ4v) is 4.06. The summed E-state index contributed by atoms with van der Waals surface area (Å²) < 4.78 is 26.4. The minimum Gasteiger partial charge on any atom is -0.394 e. The first-order valence-electron chi connectivity index (χ1n) is 10.6.